The van der Waals surface area contributed by atoms with Crippen molar-refractivity contribution in [2.75, 3.05) is 13.1 Å². The van der Waals surface area contributed by atoms with Crippen LogP contribution < -0.4 is 0 Å². The number of aromatic nitrogens is 1. The van der Waals surface area contributed by atoms with Crippen LogP contribution in [0.2, 0.25) is 0 Å². The number of aryl methyl sites for hydroxylation is 1. The smallest absolute Gasteiger partial charge is 0.225 e. The number of amides is 1. The average molecular weight is 282 g/mol. The van der Waals surface area contributed by atoms with E-state index >= 15 is 0 Å². The van der Waals surface area contributed by atoms with Gasteiger partial charge in [0.1, 0.15) is 0 Å². The van der Waals surface area contributed by atoms with Gasteiger partial charge in [0.25, 0.3) is 0 Å². The summed E-state index contributed by atoms with van der Waals surface area (Å²) in [7, 11) is 2.17. The normalized spacial score (nSPS) is 20.1. The highest BCUT2D eigenvalue weighted by Crippen LogP contribution is 2.35. The number of piperidine rings is 1. The molecular formula is C18H22N2O. The maximum absolute atomic E-state index is 12.1. The largest absolute Gasteiger partial charge is 0.347 e. The van der Waals surface area contributed by atoms with E-state index in [0.717, 1.165) is 38.8 Å². The molecular weight excluding hydrogens is 260 g/mol. The van der Waals surface area contributed by atoms with Gasteiger partial charge in [-0.25, -0.2) is 0 Å². The molecule has 0 N–H and O–H groups in total. The molecule has 2 heterocycles. The lowest BCUT2D eigenvalue weighted by atomic mass is 9.93. The minimum absolute atomic E-state index is 0.360. The Morgan fingerprint density at radius 3 is 2.48 bits per heavy atom. The Kier molecular flexibility index (Phi) is 3.02. The third-order valence-corrected chi connectivity index (χ3v) is 5.14. The molecule has 1 saturated carbocycles. The predicted octanol–water partition coefficient (Wildman–Crippen LogP) is 3.29. The monoisotopic (exact) mass is 282 g/mol. The van der Waals surface area contributed by atoms with E-state index in [0.29, 0.717) is 17.7 Å². The van der Waals surface area contributed by atoms with Gasteiger partial charge >= 0.3 is 0 Å². The van der Waals surface area contributed by atoms with Crippen LogP contribution in [0.1, 0.15) is 37.3 Å². The number of carbonyl (C=O) groups is 1. The van der Waals surface area contributed by atoms with E-state index in [9.17, 15) is 4.79 Å². The summed E-state index contributed by atoms with van der Waals surface area (Å²) in [6, 6.07) is 10.9. The summed E-state index contributed by atoms with van der Waals surface area (Å²) >= 11 is 0. The Balaban J connectivity index is 1.52. The number of hydrogen-bond acceptors (Lipinski definition) is 1. The first-order valence-corrected chi connectivity index (χ1v) is 8.07. The van der Waals surface area contributed by atoms with Crippen molar-refractivity contribution < 1.29 is 4.79 Å². The second kappa shape index (κ2) is 4.90. The van der Waals surface area contributed by atoms with Crippen molar-refractivity contribution >= 4 is 16.8 Å². The number of fused-ring (bicyclic) bond motifs is 1. The molecule has 1 amide bonds. The van der Waals surface area contributed by atoms with E-state index in [1.54, 1.807) is 0 Å². The molecule has 0 spiro atoms. The first-order chi connectivity index (χ1) is 10.2. The van der Waals surface area contributed by atoms with Gasteiger partial charge in [-0.15, -0.1) is 0 Å². The minimum atomic E-state index is 0.360. The van der Waals surface area contributed by atoms with Gasteiger partial charge in [0.15, 0.2) is 0 Å². The summed E-state index contributed by atoms with van der Waals surface area (Å²) < 4.78 is 2.33. The molecule has 3 heteroatoms. The SMILES string of the molecule is Cn1c(C2CCN(C(=O)C3CC3)CC2)cc2ccccc21. The van der Waals surface area contributed by atoms with Crippen molar-refractivity contribution in [3.8, 4) is 0 Å². The van der Waals surface area contributed by atoms with E-state index in [1.807, 2.05) is 0 Å². The maximum Gasteiger partial charge on any atom is 0.225 e. The molecule has 1 aromatic heterocycles. The molecule has 2 fully saturated rings. The molecule has 2 aliphatic rings. The first-order valence-electron chi connectivity index (χ1n) is 8.07. The van der Waals surface area contributed by atoms with Gasteiger partial charge in [0, 0.05) is 43.2 Å². The van der Waals surface area contributed by atoms with Crippen LogP contribution >= 0.6 is 0 Å². The molecule has 1 aliphatic heterocycles. The molecule has 110 valence electrons. The highest BCUT2D eigenvalue weighted by molar-refractivity contribution is 5.82. The first kappa shape index (κ1) is 12.9. The number of nitrogens with zero attached hydrogens (tertiary/aromatic N) is 2. The zero-order valence-corrected chi connectivity index (χ0v) is 12.6. The van der Waals surface area contributed by atoms with Crippen LogP contribution in [-0.2, 0) is 11.8 Å². The fourth-order valence-electron chi connectivity index (χ4n) is 3.69. The molecule has 0 unspecified atom stereocenters. The van der Waals surface area contributed by atoms with Crippen molar-refractivity contribution in [3.63, 3.8) is 0 Å². The molecule has 0 radical (unpaired) electrons. The molecule has 4 rings (SSSR count). The average Bonchev–Trinajstić information content (AvgIpc) is 3.32. The zero-order valence-electron chi connectivity index (χ0n) is 12.6. The third-order valence-electron chi connectivity index (χ3n) is 5.14. The Bertz CT molecular complexity index is 676. The van der Waals surface area contributed by atoms with Gasteiger partial charge in [0.05, 0.1) is 0 Å². The molecule has 1 saturated heterocycles. The second-order valence-corrected chi connectivity index (χ2v) is 6.56. The van der Waals surface area contributed by atoms with Crippen LogP contribution in [0.3, 0.4) is 0 Å². The van der Waals surface area contributed by atoms with Gasteiger partial charge in [-0.2, -0.15) is 0 Å². The fourth-order valence-corrected chi connectivity index (χ4v) is 3.69. The lowest BCUT2D eigenvalue weighted by Gasteiger charge is -2.32. The lowest BCUT2D eigenvalue weighted by Crippen LogP contribution is -2.39. The Morgan fingerprint density at radius 2 is 1.81 bits per heavy atom. The summed E-state index contributed by atoms with van der Waals surface area (Å²) in [5.41, 5.74) is 2.73. The molecule has 21 heavy (non-hydrogen) atoms. The van der Waals surface area contributed by atoms with E-state index in [1.165, 1.54) is 16.6 Å². The Morgan fingerprint density at radius 1 is 1.10 bits per heavy atom. The number of benzene rings is 1. The highest BCUT2D eigenvalue weighted by atomic mass is 16.2. The van der Waals surface area contributed by atoms with Crippen molar-refractivity contribution in [2.24, 2.45) is 13.0 Å². The van der Waals surface area contributed by atoms with Crippen LogP contribution in [0.15, 0.2) is 30.3 Å². The standard InChI is InChI=1S/C18H22N2O/c1-19-16-5-3-2-4-15(16)12-17(19)13-8-10-20(11-9-13)18(21)14-6-7-14/h2-5,12-14H,6-11H2,1H3. The molecule has 1 aromatic carbocycles. The maximum atomic E-state index is 12.1. The fraction of sp³-hybridized carbons (Fsp3) is 0.500. The number of para-hydroxylation sites is 1. The molecule has 1 aliphatic carbocycles. The number of hydrogen-bond donors (Lipinski definition) is 0. The highest BCUT2D eigenvalue weighted by Gasteiger charge is 2.35. The van der Waals surface area contributed by atoms with Gasteiger partial charge in [-0.1, -0.05) is 18.2 Å². The van der Waals surface area contributed by atoms with Crippen molar-refractivity contribution in [3.05, 3.63) is 36.0 Å². The lowest BCUT2D eigenvalue weighted by molar-refractivity contribution is -0.133. The van der Waals surface area contributed by atoms with E-state index in [-0.39, 0.29) is 0 Å². The van der Waals surface area contributed by atoms with Gasteiger partial charge in [-0.3, -0.25) is 4.79 Å². The quantitative estimate of drug-likeness (QED) is 0.829. The van der Waals surface area contributed by atoms with Gasteiger partial charge < -0.3 is 9.47 Å². The molecule has 0 atom stereocenters. The van der Waals surface area contributed by atoms with Gasteiger partial charge in [0.2, 0.25) is 5.91 Å². The molecule has 3 nitrogen and oxygen atoms in total. The number of carbonyl (C=O) groups excluding carboxylic acids is 1. The third kappa shape index (κ3) is 2.25. The summed E-state index contributed by atoms with van der Waals surface area (Å²) in [6.45, 7) is 1.86. The Labute approximate surface area is 125 Å². The summed E-state index contributed by atoms with van der Waals surface area (Å²) in [4.78, 5) is 14.2. The van der Waals surface area contributed by atoms with Crippen molar-refractivity contribution in [2.45, 2.75) is 31.6 Å². The van der Waals surface area contributed by atoms with Crippen LogP contribution in [0, 0.1) is 5.92 Å². The minimum Gasteiger partial charge on any atom is -0.347 e. The number of rotatable bonds is 2. The number of likely N-dealkylation sites (tertiary alicyclic amines) is 1. The van der Waals surface area contributed by atoms with Crippen molar-refractivity contribution in [1.82, 2.24) is 9.47 Å². The van der Waals surface area contributed by atoms with Crippen LogP contribution in [0.25, 0.3) is 10.9 Å². The zero-order chi connectivity index (χ0) is 14.4. The van der Waals surface area contributed by atoms with Gasteiger partial charge in [-0.05, 0) is 43.2 Å². The van der Waals surface area contributed by atoms with E-state index < -0.39 is 0 Å². The van der Waals surface area contributed by atoms with Crippen molar-refractivity contribution in [1.29, 1.82) is 0 Å². The van der Waals surface area contributed by atoms with E-state index in [4.69, 9.17) is 0 Å². The summed E-state index contributed by atoms with van der Waals surface area (Å²) in [6.07, 6.45) is 4.43. The Hall–Kier alpha value is -1.77. The van der Waals surface area contributed by atoms with Crippen LogP contribution in [-0.4, -0.2) is 28.5 Å². The topological polar surface area (TPSA) is 25.2 Å². The molecule has 2 aromatic rings. The van der Waals surface area contributed by atoms with E-state index in [2.05, 4.69) is 46.8 Å². The predicted molar refractivity (Wildman–Crippen MR) is 84.2 cm³/mol. The summed E-state index contributed by atoms with van der Waals surface area (Å²) in [5, 5.41) is 1.33. The van der Waals surface area contributed by atoms with Crippen LogP contribution in [0.5, 0.6) is 0 Å². The second-order valence-electron chi connectivity index (χ2n) is 6.56. The summed E-state index contributed by atoms with van der Waals surface area (Å²) in [5.74, 6) is 1.36. The molecule has 0 bridgehead atoms. The van der Waals surface area contributed by atoms with Crippen LogP contribution in [0.4, 0.5) is 0 Å².